The Morgan fingerprint density at radius 3 is 2.52 bits per heavy atom. The van der Waals surface area contributed by atoms with Gasteiger partial charge < -0.3 is 20.7 Å². The fraction of sp³-hybridized carbons (Fsp3) is 0.263. The molecule has 130 valence electrons. The molecular weight excluding hydrogens is 316 g/mol. The third kappa shape index (κ3) is 3.97. The summed E-state index contributed by atoms with van der Waals surface area (Å²) in [6.07, 6.45) is 0.605. The average Bonchev–Trinajstić information content (AvgIpc) is 3.10. The number of hydrogen-bond donors (Lipinski definition) is 3. The summed E-state index contributed by atoms with van der Waals surface area (Å²) in [5.41, 5.74) is 6.86. The van der Waals surface area contributed by atoms with Gasteiger partial charge >= 0.3 is 0 Å². The van der Waals surface area contributed by atoms with E-state index in [2.05, 4.69) is 5.32 Å². The number of rotatable bonds is 5. The number of nitrogens with one attached hydrogen (secondary N) is 2. The molecule has 6 nitrogen and oxygen atoms in total. The highest BCUT2D eigenvalue weighted by atomic mass is 16.5. The van der Waals surface area contributed by atoms with E-state index in [0.717, 1.165) is 11.4 Å². The standard InChI is InChI=1S/C19H22N4O2/c1-23(14-9-7-13(8-10-14)18(20)21)19(24)17-11-16(12-22-17)25-15-5-3-2-4-6-15/h2-10,16-17,22H,11-12H2,1H3,(H3,20,21)/t16?,17-/m0/s1. The molecule has 1 fully saturated rings. The lowest BCUT2D eigenvalue weighted by Crippen LogP contribution is -2.41. The van der Waals surface area contributed by atoms with Gasteiger partial charge in [-0.15, -0.1) is 0 Å². The van der Waals surface area contributed by atoms with E-state index in [0.29, 0.717) is 18.5 Å². The SMILES string of the molecule is CN(C(=O)[C@@H]1CC(Oc2ccccc2)CN1)c1ccc(C(=N)N)cc1. The molecule has 0 bridgehead atoms. The largest absolute Gasteiger partial charge is 0.489 e. The summed E-state index contributed by atoms with van der Waals surface area (Å²) in [5, 5.41) is 10.7. The predicted molar refractivity (Wildman–Crippen MR) is 98.1 cm³/mol. The van der Waals surface area contributed by atoms with E-state index >= 15 is 0 Å². The first-order chi connectivity index (χ1) is 12.0. The fourth-order valence-corrected chi connectivity index (χ4v) is 2.90. The molecule has 0 aromatic heterocycles. The zero-order chi connectivity index (χ0) is 17.8. The van der Waals surface area contributed by atoms with Crippen LogP contribution in [0.1, 0.15) is 12.0 Å². The molecule has 0 radical (unpaired) electrons. The van der Waals surface area contributed by atoms with Crippen LogP contribution in [-0.4, -0.2) is 37.5 Å². The number of amides is 1. The van der Waals surface area contributed by atoms with Gasteiger partial charge in [0.1, 0.15) is 17.7 Å². The van der Waals surface area contributed by atoms with Crippen molar-refractivity contribution in [1.29, 1.82) is 5.41 Å². The minimum Gasteiger partial charge on any atom is -0.489 e. The first kappa shape index (κ1) is 17.0. The van der Waals surface area contributed by atoms with Gasteiger partial charge in [0.2, 0.25) is 5.91 Å². The lowest BCUT2D eigenvalue weighted by atomic mass is 10.1. The molecule has 0 saturated carbocycles. The Labute approximate surface area is 147 Å². The molecule has 6 heteroatoms. The molecule has 3 rings (SSSR count). The van der Waals surface area contributed by atoms with Gasteiger partial charge in [-0.2, -0.15) is 0 Å². The van der Waals surface area contributed by atoms with Crippen LogP contribution in [0, 0.1) is 5.41 Å². The first-order valence-electron chi connectivity index (χ1n) is 8.21. The van der Waals surface area contributed by atoms with Crippen LogP contribution >= 0.6 is 0 Å². The van der Waals surface area contributed by atoms with Crippen LogP contribution in [0.4, 0.5) is 5.69 Å². The number of nitrogens with zero attached hydrogens (tertiary/aromatic N) is 1. The molecule has 0 aliphatic carbocycles. The summed E-state index contributed by atoms with van der Waals surface area (Å²) in [6, 6.07) is 16.4. The summed E-state index contributed by atoms with van der Waals surface area (Å²) in [5.74, 6) is 0.823. The van der Waals surface area contributed by atoms with Crippen molar-refractivity contribution < 1.29 is 9.53 Å². The Bertz CT molecular complexity index is 746. The highest BCUT2D eigenvalue weighted by Gasteiger charge is 2.32. The number of ether oxygens (including phenoxy) is 1. The Morgan fingerprint density at radius 1 is 1.20 bits per heavy atom. The number of para-hydroxylation sites is 1. The van der Waals surface area contributed by atoms with Gasteiger partial charge in [0.15, 0.2) is 0 Å². The van der Waals surface area contributed by atoms with Gasteiger partial charge in [0, 0.05) is 31.3 Å². The molecule has 1 unspecified atom stereocenters. The second kappa shape index (κ2) is 7.36. The van der Waals surface area contributed by atoms with Crippen molar-refractivity contribution in [3.05, 3.63) is 60.2 Å². The van der Waals surface area contributed by atoms with Crippen LogP contribution < -0.4 is 20.7 Å². The van der Waals surface area contributed by atoms with E-state index in [9.17, 15) is 4.79 Å². The number of carbonyl (C=O) groups excluding carboxylic acids is 1. The number of nitrogen functional groups attached to an aromatic ring is 1. The molecule has 2 aromatic carbocycles. The third-order valence-corrected chi connectivity index (χ3v) is 4.33. The molecule has 1 saturated heterocycles. The van der Waals surface area contributed by atoms with Crippen molar-refractivity contribution in [2.45, 2.75) is 18.6 Å². The normalized spacial score (nSPS) is 19.4. The van der Waals surface area contributed by atoms with E-state index in [-0.39, 0.29) is 23.9 Å². The number of anilines is 1. The van der Waals surface area contributed by atoms with Crippen LogP contribution in [0.25, 0.3) is 0 Å². The summed E-state index contributed by atoms with van der Waals surface area (Å²) in [4.78, 5) is 14.3. The van der Waals surface area contributed by atoms with E-state index in [1.807, 2.05) is 30.3 Å². The van der Waals surface area contributed by atoms with Crippen LogP contribution in [0.15, 0.2) is 54.6 Å². The maximum absolute atomic E-state index is 12.7. The molecular formula is C19H22N4O2. The monoisotopic (exact) mass is 338 g/mol. The second-order valence-electron chi connectivity index (χ2n) is 6.11. The first-order valence-corrected chi connectivity index (χ1v) is 8.21. The Kier molecular flexibility index (Phi) is 5.00. The highest BCUT2D eigenvalue weighted by molar-refractivity contribution is 5.98. The maximum atomic E-state index is 12.7. The maximum Gasteiger partial charge on any atom is 0.244 e. The van der Waals surface area contributed by atoms with E-state index in [1.54, 1.807) is 36.2 Å². The third-order valence-electron chi connectivity index (χ3n) is 4.33. The van der Waals surface area contributed by atoms with Crippen LogP contribution in [0.2, 0.25) is 0 Å². The molecule has 4 N–H and O–H groups in total. The molecule has 1 amide bonds. The zero-order valence-corrected chi connectivity index (χ0v) is 14.1. The molecule has 2 aromatic rings. The van der Waals surface area contributed by atoms with E-state index in [1.165, 1.54) is 0 Å². The molecule has 2 atom stereocenters. The zero-order valence-electron chi connectivity index (χ0n) is 14.1. The van der Waals surface area contributed by atoms with Crippen molar-refractivity contribution in [3.8, 4) is 5.75 Å². The number of amidine groups is 1. The van der Waals surface area contributed by atoms with Gasteiger partial charge in [0.05, 0.1) is 6.04 Å². The Balaban J connectivity index is 1.60. The van der Waals surface area contributed by atoms with Gasteiger partial charge in [-0.1, -0.05) is 18.2 Å². The van der Waals surface area contributed by atoms with Crippen molar-refractivity contribution in [2.75, 3.05) is 18.5 Å². The average molecular weight is 338 g/mol. The van der Waals surface area contributed by atoms with Crippen LogP contribution in [0.3, 0.4) is 0 Å². The van der Waals surface area contributed by atoms with Gasteiger partial charge in [0.25, 0.3) is 0 Å². The van der Waals surface area contributed by atoms with E-state index < -0.39 is 0 Å². The fourth-order valence-electron chi connectivity index (χ4n) is 2.90. The van der Waals surface area contributed by atoms with Crippen LogP contribution in [0.5, 0.6) is 5.75 Å². The van der Waals surface area contributed by atoms with E-state index in [4.69, 9.17) is 15.9 Å². The van der Waals surface area contributed by atoms with Crippen LogP contribution in [-0.2, 0) is 4.79 Å². The summed E-state index contributed by atoms with van der Waals surface area (Å²) >= 11 is 0. The second-order valence-corrected chi connectivity index (χ2v) is 6.11. The van der Waals surface area contributed by atoms with Gasteiger partial charge in [-0.05, 0) is 36.4 Å². The number of nitrogens with two attached hydrogens (primary N) is 1. The van der Waals surface area contributed by atoms with Gasteiger partial charge in [-0.3, -0.25) is 10.2 Å². The number of hydrogen-bond acceptors (Lipinski definition) is 4. The molecule has 1 heterocycles. The summed E-state index contributed by atoms with van der Waals surface area (Å²) in [6.45, 7) is 0.641. The smallest absolute Gasteiger partial charge is 0.244 e. The van der Waals surface area contributed by atoms with Gasteiger partial charge in [-0.25, -0.2) is 0 Å². The number of carbonyl (C=O) groups is 1. The minimum atomic E-state index is -0.272. The molecule has 0 spiro atoms. The van der Waals surface area contributed by atoms with Crippen molar-refractivity contribution in [2.24, 2.45) is 5.73 Å². The van der Waals surface area contributed by atoms with Crippen molar-refractivity contribution in [1.82, 2.24) is 5.32 Å². The Hall–Kier alpha value is -2.86. The highest BCUT2D eigenvalue weighted by Crippen LogP contribution is 2.20. The quantitative estimate of drug-likeness (QED) is 0.572. The van der Waals surface area contributed by atoms with Crippen molar-refractivity contribution >= 4 is 17.4 Å². The lowest BCUT2D eigenvalue weighted by molar-refractivity contribution is -0.120. The van der Waals surface area contributed by atoms with Crippen molar-refractivity contribution in [3.63, 3.8) is 0 Å². The topological polar surface area (TPSA) is 91.4 Å². The number of benzene rings is 2. The summed E-state index contributed by atoms with van der Waals surface area (Å²) in [7, 11) is 1.75. The predicted octanol–water partition coefficient (Wildman–Crippen LogP) is 1.74. The summed E-state index contributed by atoms with van der Waals surface area (Å²) < 4.78 is 5.91. The Morgan fingerprint density at radius 2 is 1.88 bits per heavy atom. The molecule has 25 heavy (non-hydrogen) atoms. The molecule has 1 aliphatic rings. The minimum absolute atomic E-state index is 0.00487. The number of likely N-dealkylation sites (N-methyl/N-ethyl adjacent to an activating group) is 1. The lowest BCUT2D eigenvalue weighted by Gasteiger charge is -2.21. The molecule has 1 aliphatic heterocycles.